The van der Waals surface area contributed by atoms with Crippen molar-refractivity contribution in [2.75, 3.05) is 0 Å². The third-order valence-corrected chi connectivity index (χ3v) is 2.64. The van der Waals surface area contributed by atoms with E-state index in [-0.39, 0.29) is 12.5 Å². The second kappa shape index (κ2) is 6.05. The van der Waals surface area contributed by atoms with Crippen molar-refractivity contribution >= 4 is 6.09 Å². The molecule has 2 rings (SSSR count). The van der Waals surface area contributed by atoms with Gasteiger partial charge in [-0.3, -0.25) is 5.32 Å². The van der Waals surface area contributed by atoms with Crippen molar-refractivity contribution in [1.29, 1.82) is 0 Å². The number of hydrogen-bond acceptors (Lipinski definition) is 5. The summed E-state index contributed by atoms with van der Waals surface area (Å²) in [6, 6.07) is 7.21. The lowest BCUT2D eigenvalue weighted by atomic mass is 10.1. The summed E-state index contributed by atoms with van der Waals surface area (Å²) in [4.78, 5) is 11.6. The molecule has 114 valence electrons. The molecule has 0 radical (unpaired) electrons. The first-order chi connectivity index (χ1) is 9.89. The number of carbonyl (C=O) groups is 1. The van der Waals surface area contributed by atoms with E-state index < -0.39 is 18.0 Å². The van der Waals surface area contributed by atoms with E-state index in [4.69, 9.17) is 14.2 Å². The van der Waals surface area contributed by atoms with Crippen LogP contribution in [0.5, 0.6) is 0 Å². The number of rotatable bonds is 3. The van der Waals surface area contributed by atoms with Crippen LogP contribution in [0.15, 0.2) is 36.4 Å². The molecule has 0 saturated heterocycles. The first-order valence-electron chi connectivity index (χ1n) is 6.60. The highest BCUT2D eigenvalue weighted by Gasteiger charge is 2.26. The predicted octanol–water partition coefficient (Wildman–Crippen LogP) is 2.55. The molecule has 6 nitrogen and oxygen atoms in total. The standard InChI is InChI=1S/C15H19NO5/c1-15(2,3)21-14(18)16-12-9-19-13(20-12)11-7-5-4-6-10(11)8-17/h4-7,9,13,17H,8H2,1-3H3,(H,16,18). The van der Waals surface area contributed by atoms with Gasteiger partial charge in [0.2, 0.25) is 5.88 Å². The second-order valence-electron chi connectivity index (χ2n) is 5.55. The third-order valence-electron chi connectivity index (χ3n) is 2.64. The molecule has 21 heavy (non-hydrogen) atoms. The van der Waals surface area contributed by atoms with Crippen molar-refractivity contribution in [1.82, 2.24) is 5.32 Å². The van der Waals surface area contributed by atoms with Crippen LogP contribution in [0.3, 0.4) is 0 Å². The Bertz CT molecular complexity index is 547. The normalized spacial score (nSPS) is 17.5. The Labute approximate surface area is 123 Å². The van der Waals surface area contributed by atoms with Crippen molar-refractivity contribution in [3.05, 3.63) is 47.5 Å². The van der Waals surface area contributed by atoms with Gasteiger partial charge in [0.05, 0.1) is 6.61 Å². The number of benzene rings is 1. The zero-order chi connectivity index (χ0) is 15.5. The van der Waals surface area contributed by atoms with Gasteiger partial charge in [-0.25, -0.2) is 4.79 Å². The zero-order valence-electron chi connectivity index (χ0n) is 12.3. The molecule has 2 N–H and O–H groups in total. The van der Waals surface area contributed by atoms with Gasteiger partial charge in [0, 0.05) is 5.56 Å². The lowest BCUT2D eigenvalue weighted by Gasteiger charge is -2.20. The number of amides is 1. The van der Waals surface area contributed by atoms with E-state index in [0.29, 0.717) is 11.1 Å². The number of alkyl carbamates (subject to hydrolysis) is 1. The molecule has 0 aromatic heterocycles. The number of aliphatic hydroxyl groups excluding tert-OH is 1. The molecular weight excluding hydrogens is 274 g/mol. The molecule has 0 spiro atoms. The van der Waals surface area contributed by atoms with E-state index >= 15 is 0 Å². The van der Waals surface area contributed by atoms with Crippen LogP contribution >= 0.6 is 0 Å². The van der Waals surface area contributed by atoms with Crippen LogP contribution in [0, 0.1) is 0 Å². The molecule has 1 atom stereocenters. The summed E-state index contributed by atoms with van der Waals surface area (Å²) in [5.41, 5.74) is 0.819. The van der Waals surface area contributed by atoms with E-state index in [9.17, 15) is 9.90 Å². The molecule has 1 aromatic carbocycles. The van der Waals surface area contributed by atoms with Gasteiger partial charge in [-0.2, -0.15) is 0 Å². The maximum Gasteiger partial charge on any atom is 0.414 e. The van der Waals surface area contributed by atoms with E-state index in [1.807, 2.05) is 12.1 Å². The van der Waals surface area contributed by atoms with Crippen LogP contribution in [0.1, 0.15) is 38.2 Å². The van der Waals surface area contributed by atoms with Gasteiger partial charge < -0.3 is 19.3 Å². The van der Waals surface area contributed by atoms with Gasteiger partial charge in [0.15, 0.2) is 0 Å². The van der Waals surface area contributed by atoms with E-state index in [2.05, 4.69) is 5.32 Å². The van der Waals surface area contributed by atoms with E-state index in [0.717, 1.165) is 0 Å². The molecule has 1 heterocycles. The maximum absolute atomic E-state index is 11.6. The first-order valence-corrected chi connectivity index (χ1v) is 6.60. The van der Waals surface area contributed by atoms with Crippen LogP contribution in [0.4, 0.5) is 4.79 Å². The zero-order valence-corrected chi connectivity index (χ0v) is 12.3. The lowest BCUT2D eigenvalue weighted by Crippen LogP contribution is -2.32. The monoisotopic (exact) mass is 293 g/mol. The Morgan fingerprint density at radius 3 is 2.76 bits per heavy atom. The van der Waals surface area contributed by atoms with Crippen molar-refractivity contribution in [2.24, 2.45) is 0 Å². The van der Waals surface area contributed by atoms with Crippen LogP contribution in [0.2, 0.25) is 0 Å². The fraction of sp³-hybridized carbons (Fsp3) is 0.400. The number of carbonyl (C=O) groups excluding carboxylic acids is 1. The predicted molar refractivity (Wildman–Crippen MR) is 74.7 cm³/mol. The minimum Gasteiger partial charge on any atom is -0.453 e. The highest BCUT2D eigenvalue weighted by Crippen LogP contribution is 2.29. The van der Waals surface area contributed by atoms with Crippen LogP contribution in [-0.2, 0) is 20.8 Å². The second-order valence-corrected chi connectivity index (χ2v) is 5.55. The van der Waals surface area contributed by atoms with Gasteiger partial charge in [0.1, 0.15) is 11.9 Å². The Balaban J connectivity index is 1.95. The Morgan fingerprint density at radius 2 is 2.10 bits per heavy atom. The Hall–Kier alpha value is -2.21. The molecule has 0 saturated carbocycles. The minimum atomic E-state index is -0.696. The quantitative estimate of drug-likeness (QED) is 0.895. The van der Waals surface area contributed by atoms with Crippen LogP contribution in [-0.4, -0.2) is 16.8 Å². The summed E-state index contributed by atoms with van der Waals surface area (Å²) >= 11 is 0. The molecule has 1 aromatic rings. The first kappa shape index (κ1) is 15.2. The highest BCUT2D eigenvalue weighted by molar-refractivity contribution is 5.69. The van der Waals surface area contributed by atoms with Crippen molar-refractivity contribution in [3.8, 4) is 0 Å². The van der Waals surface area contributed by atoms with Gasteiger partial charge in [-0.05, 0) is 26.3 Å². The number of hydrogen-bond donors (Lipinski definition) is 2. The SMILES string of the molecule is CC(C)(C)OC(=O)NC1=COC(c2ccccc2CO)O1. The van der Waals surface area contributed by atoms with Crippen molar-refractivity contribution in [3.63, 3.8) is 0 Å². The molecule has 6 heteroatoms. The molecule has 0 bridgehead atoms. The van der Waals surface area contributed by atoms with E-state index in [1.54, 1.807) is 32.9 Å². The van der Waals surface area contributed by atoms with Gasteiger partial charge in [-0.15, -0.1) is 0 Å². The average molecular weight is 293 g/mol. The molecule has 1 amide bonds. The van der Waals surface area contributed by atoms with Gasteiger partial charge >= 0.3 is 6.09 Å². The molecule has 1 aliphatic heterocycles. The molecule has 0 aliphatic carbocycles. The highest BCUT2D eigenvalue weighted by atomic mass is 16.7. The molecule has 1 unspecified atom stereocenters. The maximum atomic E-state index is 11.6. The third kappa shape index (κ3) is 4.13. The van der Waals surface area contributed by atoms with Gasteiger partial charge in [-0.1, -0.05) is 24.3 Å². The van der Waals surface area contributed by atoms with E-state index in [1.165, 1.54) is 6.26 Å². The largest absolute Gasteiger partial charge is 0.453 e. The summed E-state index contributed by atoms with van der Waals surface area (Å²) < 4.78 is 16.0. The summed E-state index contributed by atoms with van der Waals surface area (Å²) in [7, 11) is 0. The summed E-state index contributed by atoms with van der Waals surface area (Å²) in [5.74, 6) is 0.169. The summed E-state index contributed by atoms with van der Waals surface area (Å²) in [6.45, 7) is 5.20. The summed E-state index contributed by atoms with van der Waals surface area (Å²) in [5, 5.41) is 11.8. The van der Waals surface area contributed by atoms with Crippen LogP contribution in [0.25, 0.3) is 0 Å². The fourth-order valence-electron chi connectivity index (χ4n) is 1.80. The minimum absolute atomic E-state index is 0.117. The topological polar surface area (TPSA) is 77.0 Å². The molecule has 0 fully saturated rings. The van der Waals surface area contributed by atoms with Gasteiger partial charge in [0.25, 0.3) is 6.29 Å². The number of ether oxygens (including phenoxy) is 3. The smallest absolute Gasteiger partial charge is 0.414 e. The Morgan fingerprint density at radius 1 is 1.38 bits per heavy atom. The molecule has 1 aliphatic rings. The van der Waals surface area contributed by atoms with Crippen LogP contribution < -0.4 is 5.32 Å². The van der Waals surface area contributed by atoms with Crippen molar-refractivity contribution in [2.45, 2.75) is 39.3 Å². The fourth-order valence-corrected chi connectivity index (χ4v) is 1.80. The number of aliphatic hydroxyl groups is 1. The lowest BCUT2D eigenvalue weighted by molar-refractivity contribution is -0.0397. The molecular formula is C15H19NO5. The number of nitrogens with one attached hydrogen (secondary N) is 1. The summed E-state index contributed by atoms with van der Waals surface area (Å²) in [6.07, 6.45) is -0.00494. The average Bonchev–Trinajstić information content (AvgIpc) is 2.84. The van der Waals surface area contributed by atoms with Crippen molar-refractivity contribution < 1.29 is 24.1 Å². The Kier molecular flexibility index (Phi) is 4.37.